The third-order valence-electron chi connectivity index (χ3n) is 3.39. The summed E-state index contributed by atoms with van der Waals surface area (Å²) in [6, 6.07) is 0.0989. The Morgan fingerprint density at radius 3 is 2.33 bits per heavy atom. The Balaban J connectivity index is 2.36. The zero-order chi connectivity index (χ0) is 15.9. The van der Waals surface area contributed by atoms with E-state index in [4.69, 9.17) is 5.11 Å². The fourth-order valence-corrected chi connectivity index (χ4v) is 2.47. The molecule has 1 aliphatic rings. The van der Waals surface area contributed by atoms with Crippen LogP contribution < -0.4 is 5.32 Å². The number of hydrogen-bond donors (Lipinski definition) is 2. The van der Waals surface area contributed by atoms with Crippen LogP contribution in [0.2, 0.25) is 0 Å². The lowest BCUT2D eigenvalue weighted by Crippen LogP contribution is -2.42. The van der Waals surface area contributed by atoms with Gasteiger partial charge in [-0.1, -0.05) is 19.3 Å². The molecule has 8 heteroatoms. The predicted molar refractivity (Wildman–Crippen MR) is 69.8 cm³/mol. The highest BCUT2D eigenvalue weighted by Gasteiger charge is 2.31. The van der Waals surface area contributed by atoms with E-state index in [2.05, 4.69) is 5.32 Å². The second kappa shape index (κ2) is 8.21. The van der Waals surface area contributed by atoms with Crippen LogP contribution >= 0.6 is 0 Å². The van der Waals surface area contributed by atoms with E-state index in [0.29, 0.717) is 0 Å². The van der Waals surface area contributed by atoms with Crippen molar-refractivity contribution in [3.63, 3.8) is 0 Å². The molecular weight excluding hydrogens is 289 g/mol. The van der Waals surface area contributed by atoms with Gasteiger partial charge in [-0.2, -0.15) is 13.2 Å². The van der Waals surface area contributed by atoms with Crippen molar-refractivity contribution in [1.29, 1.82) is 0 Å². The average molecular weight is 310 g/mol. The van der Waals surface area contributed by atoms with Crippen LogP contribution in [-0.2, 0) is 9.59 Å². The first-order valence-electron chi connectivity index (χ1n) is 7.06. The van der Waals surface area contributed by atoms with Crippen molar-refractivity contribution in [1.82, 2.24) is 10.2 Å². The van der Waals surface area contributed by atoms with Crippen LogP contribution in [0.3, 0.4) is 0 Å². The van der Waals surface area contributed by atoms with Gasteiger partial charge in [0.15, 0.2) is 0 Å². The van der Waals surface area contributed by atoms with Gasteiger partial charge in [-0.25, -0.2) is 0 Å². The number of hydrogen-bond acceptors (Lipinski definition) is 3. The van der Waals surface area contributed by atoms with Crippen molar-refractivity contribution in [2.75, 3.05) is 19.6 Å². The molecule has 21 heavy (non-hydrogen) atoms. The second-order valence-electron chi connectivity index (χ2n) is 5.37. The molecule has 0 heterocycles. The van der Waals surface area contributed by atoms with E-state index < -0.39 is 25.2 Å². The molecule has 0 radical (unpaired) electrons. The highest BCUT2D eigenvalue weighted by molar-refractivity contribution is 5.76. The van der Waals surface area contributed by atoms with Gasteiger partial charge in [-0.3, -0.25) is 14.5 Å². The Morgan fingerprint density at radius 2 is 1.81 bits per heavy atom. The summed E-state index contributed by atoms with van der Waals surface area (Å²) in [4.78, 5) is 23.0. The Kier molecular flexibility index (Phi) is 6.94. The first-order valence-corrected chi connectivity index (χ1v) is 7.06. The van der Waals surface area contributed by atoms with E-state index in [1.807, 2.05) is 0 Å². The van der Waals surface area contributed by atoms with Crippen molar-refractivity contribution < 1.29 is 27.9 Å². The number of nitrogens with one attached hydrogen (secondary N) is 1. The summed E-state index contributed by atoms with van der Waals surface area (Å²) in [6.07, 6.45) is 0.425. The van der Waals surface area contributed by atoms with Gasteiger partial charge >= 0.3 is 12.1 Å². The smallest absolute Gasteiger partial charge is 0.401 e. The number of alkyl halides is 3. The molecule has 0 spiro atoms. The first kappa shape index (κ1) is 17.7. The standard InChI is InChI=1S/C13H21F3N2O3/c14-13(15,16)9-18(8-12(20)21)7-6-11(19)17-10-4-2-1-3-5-10/h10H,1-9H2,(H,17,19)(H,20,21). The van der Waals surface area contributed by atoms with Gasteiger partial charge in [-0.15, -0.1) is 0 Å². The summed E-state index contributed by atoms with van der Waals surface area (Å²) in [5.41, 5.74) is 0. The third kappa shape index (κ3) is 8.54. The fraction of sp³-hybridized carbons (Fsp3) is 0.846. The molecule has 0 aliphatic heterocycles. The van der Waals surface area contributed by atoms with Gasteiger partial charge in [0.05, 0.1) is 13.1 Å². The highest BCUT2D eigenvalue weighted by Crippen LogP contribution is 2.18. The predicted octanol–water partition coefficient (Wildman–Crippen LogP) is 1.77. The minimum absolute atomic E-state index is 0.0989. The maximum Gasteiger partial charge on any atom is 0.401 e. The number of rotatable bonds is 7. The molecule has 0 bridgehead atoms. The minimum atomic E-state index is -4.48. The van der Waals surface area contributed by atoms with Crippen molar-refractivity contribution in [3.8, 4) is 0 Å². The molecule has 0 unspecified atom stereocenters. The van der Waals surface area contributed by atoms with Crippen LogP contribution in [0.1, 0.15) is 38.5 Å². The summed E-state index contributed by atoms with van der Waals surface area (Å²) >= 11 is 0. The summed E-state index contributed by atoms with van der Waals surface area (Å²) in [5, 5.41) is 11.4. The molecule has 1 fully saturated rings. The highest BCUT2D eigenvalue weighted by atomic mass is 19.4. The Hall–Kier alpha value is -1.31. The Labute approximate surface area is 121 Å². The normalized spacial score (nSPS) is 17.0. The fourth-order valence-electron chi connectivity index (χ4n) is 2.47. The number of nitrogens with zero attached hydrogens (tertiary/aromatic N) is 1. The van der Waals surface area contributed by atoms with Gasteiger partial charge < -0.3 is 10.4 Å². The van der Waals surface area contributed by atoms with Gasteiger partial charge in [0.2, 0.25) is 5.91 Å². The van der Waals surface area contributed by atoms with E-state index in [0.717, 1.165) is 37.0 Å². The molecule has 1 amide bonds. The zero-order valence-electron chi connectivity index (χ0n) is 11.8. The lowest BCUT2D eigenvalue weighted by Gasteiger charge is -2.24. The van der Waals surface area contributed by atoms with E-state index >= 15 is 0 Å². The van der Waals surface area contributed by atoms with Crippen LogP contribution in [0.5, 0.6) is 0 Å². The number of aliphatic carboxylic acids is 1. The van der Waals surface area contributed by atoms with Crippen molar-refractivity contribution in [3.05, 3.63) is 0 Å². The SMILES string of the molecule is O=C(O)CN(CCC(=O)NC1CCCCC1)CC(F)(F)F. The lowest BCUT2D eigenvalue weighted by molar-refractivity contribution is -0.154. The molecular formula is C13H21F3N2O3. The van der Waals surface area contributed by atoms with Gasteiger partial charge in [0.25, 0.3) is 0 Å². The van der Waals surface area contributed by atoms with Gasteiger partial charge in [0.1, 0.15) is 0 Å². The molecule has 0 aromatic rings. The van der Waals surface area contributed by atoms with Crippen LogP contribution in [0.15, 0.2) is 0 Å². The minimum Gasteiger partial charge on any atom is -0.480 e. The Bertz CT molecular complexity index is 355. The monoisotopic (exact) mass is 310 g/mol. The quantitative estimate of drug-likeness (QED) is 0.752. The topological polar surface area (TPSA) is 69.6 Å². The second-order valence-corrected chi connectivity index (χ2v) is 5.37. The lowest BCUT2D eigenvalue weighted by atomic mass is 9.95. The number of carboxylic acids is 1. The van der Waals surface area contributed by atoms with Crippen molar-refractivity contribution in [2.45, 2.75) is 50.7 Å². The van der Waals surface area contributed by atoms with Crippen molar-refractivity contribution in [2.24, 2.45) is 0 Å². The molecule has 0 aromatic carbocycles. The van der Waals surface area contributed by atoms with E-state index in [-0.39, 0.29) is 24.9 Å². The van der Waals surface area contributed by atoms with Crippen LogP contribution in [0.25, 0.3) is 0 Å². The number of amides is 1. The number of carbonyl (C=O) groups excluding carboxylic acids is 1. The van der Waals surface area contributed by atoms with E-state index in [1.54, 1.807) is 0 Å². The summed E-state index contributed by atoms with van der Waals surface area (Å²) in [7, 11) is 0. The average Bonchev–Trinajstić information content (AvgIpc) is 2.35. The first-order chi connectivity index (χ1) is 9.76. The molecule has 0 saturated heterocycles. The van der Waals surface area contributed by atoms with Crippen molar-refractivity contribution >= 4 is 11.9 Å². The Morgan fingerprint density at radius 1 is 1.19 bits per heavy atom. The van der Waals surface area contributed by atoms with Gasteiger partial charge in [0, 0.05) is 19.0 Å². The van der Waals surface area contributed by atoms with E-state index in [1.165, 1.54) is 0 Å². The molecule has 1 aliphatic carbocycles. The molecule has 122 valence electrons. The zero-order valence-corrected chi connectivity index (χ0v) is 11.8. The summed E-state index contributed by atoms with van der Waals surface area (Å²) in [6.45, 7) is -2.27. The molecule has 1 saturated carbocycles. The van der Waals surface area contributed by atoms with Crippen LogP contribution in [-0.4, -0.2) is 53.7 Å². The number of carboxylic acid groups (broad SMARTS) is 1. The number of carbonyl (C=O) groups is 2. The molecule has 2 N–H and O–H groups in total. The largest absolute Gasteiger partial charge is 0.480 e. The van der Waals surface area contributed by atoms with E-state index in [9.17, 15) is 22.8 Å². The maximum atomic E-state index is 12.3. The third-order valence-corrected chi connectivity index (χ3v) is 3.39. The molecule has 5 nitrogen and oxygen atoms in total. The summed E-state index contributed by atoms with van der Waals surface area (Å²) < 4.78 is 37.0. The molecule has 0 aromatic heterocycles. The van der Waals surface area contributed by atoms with Gasteiger partial charge in [-0.05, 0) is 12.8 Å². The molecule has 0 atom stereocenters. The number of halogens is 3. The van der Waals surface area contributed by atoms with Crippen LogP contribution in [0.4, 0.5) is 13.2 Å². The van der Waals surface area contributed by atoms with Crippen LogP contribution in [0, 0.1) is 0 Å². The molecule has 1 rings (SSSR count). The summed E-state index contributed by atoms with van der Waals surface area (Å²) in [5.74, 6) is -1.66. The maximum absolute atomic E-state index is 12.3.